The summed E-state index contributed by atoms with van der Waals surface area (Å²) in [5.74, 6) is -0.682. The molecule has 1 aliphatic heterocycles. The Balaban J connectivity index is 2.06. The smallest absolute Gasteiger partial charge is 0.295 e. The minimum atomic E-state index is -0.650. The zero-order valence-electron chi connectivity index (χ0n) is 19.5. The van der Waals surface area contributed by atoms with Crippen LogP contribution in [0.25, 0.3) is 5.76 Å². The molecule has 1 aliphatic rings. The molecule has 0 unspecified atom stereocenters. The number of aliphatic hydroxyl groups is 1. The van der Waals surface area contributed by atoms with Gasteiger partial charge in [0.25, 0.3) is 11.7 Å². The molecule has 1 heterocycles. The van der Waals surface area contributed by atoms with Crippen molar-refractivity contribution in [3.8, 4) is 5.75 Å². The second-order valence-corrected chi connectivity index (χ2v) is 8.70. The first-order chi connectivity index (χ1) is 15.2. The summed E-state index contributed by atoms with van der Waals surface area (Å²) >= 11 is 0. The van der Waals surface area contributed by atoms with Crippen LogP contribution in [0, 0.1) is 6.92 Å². The number of nitrogens with zero attached hydrogens (tertiary/aromatic N) is 2. The van der Waals surface area contributed by atoms with E-state index in [4.69, 9.17) is 4.74 Å². The monoisotopic (exact) mass is 436 g/mol. The number of aliphatic hydroxyl groups excluding tert-OH is 1. The van der Waals surface area contributed by atoms with Gasteiger partial charge in [0.1, 0.15) is 11.5 Å². The van der Waals surface area contributed by atoms with E-state index >= 15 is 0 Å². The summed E-state index contributed by atoms with van der Waals surface area (Å²) in [4.78, 5) is 29.7. The van der Waals surface area contributed by atoms with Crippen molar-refractivity contribution < 1.29 is 19.4 Å². The number of ether oxygens (including phenoxy) is 1. The van der Waals surface area contributed by atoms with E-state index in [1.54, 1.807) is 17.0 Å². The summed E-state index contributed by atoms with van der Waals surface area (Å²) in [5.41, 5.74) is 2.22. The zero-order chi connectivity index (χ0) is 23.4. The Morgan fingerprint density at radius 1 is 1.12 bits per heavy atom. The molecule has 1 atom stereocenters. The molecule has 2 aromatic carbocycles. The normalized spacial score (nSPS) is 18.1. The van der Waals surface area contributed by atoms with E-state index in [9.17, 15) is 14.7 Å². The van der Waals surface area contributed by atoms with Crippen LogP contribution in [0.4, 0.5) is 0 Å². The van der Waals surface area contributed by atoms with Crippen molar-refractivity contribution in [2.75, 3.05) is 27.2 Å². The highest BCUT2D eigenvalue weighted by Gasteiger charge is 2.45. The number of likely N-dealkylation sites (tertiary alicyclic amines) is 1. The van der Waals surface area contributed by atoms with Crippen LogP contribution in [-0.4, -0.2) is 59.9 Å². The van der Waals surface area contributed by atoms with Gasteiger partial charge in [-0.3, -0.25) is 9.59 Å². The van der Waals surface area contributed by atoms with Gasteiger partial charge in [-0.1, -0.05) is 30.3 Å². The van der Waals surface area contributed by atoms with Crippen molar-refractivity contribution in [3.05, 3.63) is 70.8 Å². The van der Waals surface area contributed by atoms with E-state index in [0.29, 0.717) is 17.9 Å². The third-order valence-corrected chi connectivity index (χ3v) is 5.48. The number of carbonyl (C=O) groups excluding carboxylic acids is 2. The van der Waals surface area contributed by atoms with Crippen molar-refractivity contribution in [2.45, 2.75) is 39.3 Å². The third kappa shape index (κ3) is 5.02. The Kier molecular flexibility index (Phi) is 7.36. The van der Waals surface area contributed by atoms with Crippen molar-refractivity contribution in [2.24, 2.45) is 0 Å². The van der Waals surface area contributed by atoms with Gasteiger partial charge in [0.05, 0.1) is 17.7 Å². The molecule has 6 heteroatoms. The lowest BCUT2D eigenvalue weighted by Crippen LogP contribution is -2.32. The molecule has 0 aliphatic carbocycles. The van der Waals surface area contributed by atoms with Gasteiger partial charge in [-0.2, -0.15) is 0 Å². The summed E-state index contributed by atoms with van der Waals surface area (Å²) in [6.07, 6.45) is 0.753. The number of ketones is 1. The molecule has 0 spiro atoms. The molecule has 170 valence electrons. The summed E-state index contributed by atoms with van der Waals surface area (Å²) in [6, 6.07) is 14.1. The minimum Gasteiger partial charge on any atom is -0.507 e. The molecule has 0 saturated carbocycles. The largest absolute Gasteiger partial charge is 0.507 e. The number of hydrogen-bond donors (Lipinski definition) is 1. The lowest BCUT2D eigenvalue weighted by atomic mass is 9.94. The van der Waals surface area contributed by atoms with Crippen LogP contribution in [0.3, 0.4) is 0 Å². The van der Waals surface area contributed by atoms with Crippen LogP contribution in [0.1, 0.15) is 43.0 Å². The molecule has 1 N–H and O–H groups in total. The molecule has 1 amide bonds. The Labute approximate surface area is 190 Å². The number of rotatable bonds is 8. The molecule has 1 fully saturated rings. The highest BCUT2D eigenvalue weighted by molar-refractivity contribution is 6.46. The summed E-state index contributed by atoms with van der Waals surface area (Å²) in [5, 5.41) is 11.3. The number of amides is 1. The van der Waals surface area contributed by atoms with E-state index in [1.165, 1.54) is 0 Å². The lowest BCUT2D eigenvalue weighted by molar-refractivity contribution is -0.139. The average Bonchev–Trinajstić information content (AvgIpc) is 2.98. The summed E-state index contributed by atoms with van der Waals surface area (Å²) in [7, 11) is 3.94. The predicted molar refractivity (Wildman–Crippen MR) is 126 cm³/mol. The fourth-order valence-electron chi connectivity index (χ4n) is 4.04. The number of Topliss-reactive ketones (excluding diaryl/α,β-unsaturated/α-hetero) is 1. The molecule has 0 radical (unpaired) electrons. The maximum Gasteiger partial charge on any atom is 0.295 e. The average molecular weight is 437 g/mol. The Bertz CT molecular complexity index is 1010. The molecule has 3 rings (SSSR count). The molecule has 32 heavy (non-hydrogen) atoms. The van der Waals surface area contributed by atoms with Gasteiger partial charge >= 0.3 is 0 Å². The van der Waals surface area contributed by atoms with Gasteiger partial charge in [-0.05, 0) is 77.2 Å². The van der Waals surface area contributed by atoms with Crippen LogP contribution in [0.15, 0.2) is 54.1 Å². The van der Waals surface area contributed by atoms with Gasteiger partial charge in [0, 0.05) is 12.1 Å². The molecular formula is C26H32N2O4. The third-order valence-electron chi connectivity index (χ3n) is 5.48. The van der Waals surface area contributed by atoms with E-state index in [-0.39, 0.29) is 17.4 Å². The van der Waals surface area contributed by atoms with Gasteiger partial charge < -0.3 is 19.6 Å². The van der Waals surface area contributed by atoms with Gasteiger partial charge in [-0.15, -0.1) is 0 Å². The summed E-state index contributed by atoms with van der Waals surface area (Å²) in [6.45, 7) is 6.97. The van der Waals surface area contributed by atoms with Crippen molar-refractivity contribution >= 4 is 17.4 Å². The Hall–Kier alpha value is -3.12. The van der Waals surface area contributed by atoms with Crippen LogP contribution >= 0.6 is 0 Å². The molecule has 1 saturated heterocycles. The second-order valence-electron chi connectivity index (χ2n) is 8.70. The Morgan fingerprint density at radius 2 is 1.81 bits per heavy atom. The minimum absolute atomic E-state index is 0.0272. The van der Waals surface area contributed by atoms with Gasteiger partial charge in [-0.25, -0.2) is 0 Å². The van der Waals surface area contributed by atoms with Crippen LogP contribution < -0.4 is 4.74 Å². The number of aryl methyl sites for hydroxylation is 1. The SMILES string of the molecule is Cc1cc(OC(C)C)ccc1C(O)=C1C(=O)C(=O)N(CCCN(C)C)[C@@H]1c1ccccc1. The number of hydrogen-bond acceptors (Lipinski definition) is 5. The second kappa shape index (κ2) is 10.0. The van der Waals surface area contributed by atoms with Crippen LogP contribution in [-0.2, 0) is 9.59 Å². The van der Waals surface area contributed by atoms with Crippen LogP contribution in [0.5, 0.6) is 5.75 Å². The highest BCUT2D eigenvalue weighted by Crippen LogP contribution is 2.40. The fraction of sp³-hybridized carbons (Fsp3) is 0.385. The first-order valence-corrected chi connectivity index (χ1v) is 11.0. The van der Waals surface area contributed by atoms with Crippen LogP contribution in [0.2, 0.25) is 0 Å². The van der Waals surface area contributed by atoms with E-state index in [1.807, 2.05) is 76.2 Å². The predicted octanol–water partition coefficient (Wildman–Crippen LogP) is 4.16. The van der Waals surface area contributed by atoms with E-state index in [0.717, 1.165) is 24.1 Å². The maximum atomic E-state index is 13.1. The van der Waals surface area contributed by atoms with Crippen molar-refractivity contribution in [1.82, 2.24) is 9.80 Å². The molecular weight excluding hydrogens is 404 g/mol. The Morgan fingerprint density at radius 3 is 2.41 bits per heavy atom. The maximum absolute atomic E-state index is 13.1. The quantitative estimate of drug-likeness (QED) is 0.382. The standard InChI is InChI=1S/C26H32N2O4/c1-17(2)32-20-12-13-21(18(3)16-20)24(29)22-23(19-10-7-6-8-11-19)28(26(31)25(22)30)15-9-14-27(4)5/h6-8,10-13,16-17,23,29H,9,14-15H2,1-5H3/t23-/m1/s1. The first kappa shape index (κ1) is 23.5. The topological polar surface area (TPSA) is 70.1 Å². The fourth-order valence-corrected chi connectivity index (χ4v) is 4.04. The molecule has 2 aromatic rings. The van der Waals surface area contributed by atoms with Gasteiger partial charge in [0.15, 0.2) is 0 Å². The zero-order valence-corrected chi connectivity index (χ0v) is 19.5. The van der Waals surface area contributed by atoms with E-state index < -0.39 is 17.7 Å². The lowest BCUT2D eigenvalue weighted by Gasteiger charge is -2.26. The molecule has 0 bridgehead atoms. The molecule has 0 aromatic heterocycles. The van der Waals surface area contributed by atoms with E-state index in [2.05, 4.69) is 0 Å². The highest BCUT2D eigenvalue weighted by atomic mass is 16.5. The molecule has 6 nitrogen and oxygen atoms in total. The first-order valence-electron chi connectivity index (χ1n) is 11.0. The summed E-state index contributed by atoms with van der Waals surface area (Å²) < 4.78 is 5.73. The van der Waals surface area contributed by atoms with Crippen molar-refractivity contribution in [1.29, 1.82) is 0 Å². The number of carbonyl (C=O) groups is 2. The van der Waals surface area contributed by atoms with Gasteiger partial charge in [0.2, 0.25) is 0 Å². The van der Waals surface area contributed by atoms with Crippen molar-refractivity contribution in [3.63, 3.8) is 0 Å². The number of benzene rings is 2.